The van der Waals surface area contributed by atoms with Crippen LogP contribution in [0.4, 0.5) is 0 Å². The molecule has 2 aromatic rings. The van der Waals surface area contributed by atoms with Crippen molar-refractivity contribution in [2.45, 2.75) is 33.0 Å². The van der Waals surface area contributed by atoms with Gasteiger partial charge in [0, 0.05) is 19.0 Å². The molecule has 3 atom stereocenters. The molecule has 5 rings (SSSR count). The third kappa shape index (κ3) is 2.47. The van der Waals surface area contributed by atoms with Gasteiger partial charge in [-0.1, -0.05) is 5.21 Å². The van der Waals surface area contributed by atoms with Gasteiger partial charge in [-0.15, -0.1) is 5.10 Å². The third-order valence-corrected chi connectivity index (χ3v) is 5.86. The van der Waals surface area contributed by atoms with Crippen LogP contribution in [0.15, 0.2) is 12.5 Å². The van der Waals surface area contributed by atoms with E-state index in [1.54, 1.807) is 6.20 Å². The molecule has 132 valence electrons. The van der Waals surface area contributed by atoms with Gasteiger partial charge in [-0.2, -0.15) is 0 Å². The van der Waals surface area contributed by atoms with Crippen LogP contribution in [0.25, 0.3) is 0 Å². The lowest BCUT2D eigenvalue weighted by Crippen LogP contribution is -2.34. The van der Waals surface area contributed by atoms with E-state index in [1.165, 1.54) is 0 Å². The molecule has 25 heavy (non-hydrogen) atoms. The molecule has 1 aliphatic carbocycles. The predicted molar refractivity (Wildman–Crippen MR) is 87.4 cm³/mol. The van der Waals surface area contributed by atoms with E-state index in [0.29, 0.717) is 30.8 Å². The summed E-state index contributed by atoms with van der Waals surface area (Å²) in [5, 5.41) is 8.06. The van der Waals surface area contributed by atoms with Gasteiger partial charge in [0.15, 0.2) is 0 Å². The third-order valence-electron chi connectivity index (χ3n) is 5.86. The van der Waals surface area contributed by atoms with Crippen LogP contribution in [-0.4, -0.2) is 55.1 Å². The molecule has 1 saturated carbocycles. The van der Waals surface area contributed by atoms with Crippen molar-refractivity contribution in [3.63, 3.8) is 0 Å². The van der Waals surface area contributed by atoms with Crippen molar-refractivity contribution in [2.24, 2.45) is 17.8 Å². The lowest BCUT2D eigenvalue weighted by atomic mass is 10.2. The second-order valence-electron chi connectivity index (χ2n) is 7.37. The highest BCUT2D eigenvalue weighted by Crippen LogP contribution is 2.51. The van der Waals surface area contributed by atoms with Crippen molar-refractivity contribution in [3.8, 4) is 0 Å². The zero-order valence-corrected chi connectivity index (χ0v) is 14.3. The van der Waals surface area contributed by atoms with E-state index in [2.05, 4.69) is 19.9 Å². The summed E-state index contributed by atoms with van der Waals surface area (Å²) in [6, 6.07) is 0. The average molecular weight is 342 g/mol. The summed E-state index contributed by atoms with van der Waals surface area (Å²) in [6.45, 7) is 6.45. The molecule has 4 heterocycles. The number of aryl methyl sites for hydroxylation is 2. The van der Waals surface area contributed by atoms with Gasteiger partial charge in [0.05, 0.1) is 55.9 Å². The number of carbonyl (C=O) groups is 1. The van der Waals surface area contributed by atoms with Gasteiger partial charge in [0.1, 0.15) is 0 Å². The lowest BCUT2D eigenvalue weighted by Gasteiger charge is -2.21. The second-order valence-corrected chi connectivity index (χ2v) is 7.37. The highest BCUT2D eigenvalue weighted by atomic mass is 16.5. The first kappa shape index (κ1) is 15.1. The summed E-state index contributed by atoms with van der Waals surface area (Å²) in [4.78, 5) is 19.6. The highest BCUT2D eigenvalue weighted by Gasteiger charge is 2.58. The molecule has 0 N–H and O–H groups in total. The van der Waals surface area contributed by atoms with Crippen molar-refractivity contribution >= 4 is 5.91 Å². The molecule has 8 heteroatoms. The van der Waals surface area contributed by atoms with Gasteiger partial charge >= 0.3 is 0 Å². The number of nitrogens with zero attached hydrogens (tertiary/aromatic N) is 6. The number of fused-ring (bicyclic) bond motifs is 2. The number of rotatable bonds is 3. The lowest BCUT2D eigenvalue weighted by molar-refractivity contribution is -0.134. The number of ether oxygens (including phenoxy) is 1. The van der Waals surface area contributed by atoms with E-state index in [-0.39, 0.29) is 5.92 Å². The fraction of sp³-hybridized carbons (Fsp3) is 0.647. The summed E-state index contributed by atoms with van der Waals surface area (Å²) in [5.74, 6) is 1.40. The van der Waals surface area contributed by atoms with Crippen LogP contribution < -0.4 is 0 Å². The average Bonchev–Trinajstić information content (AvgIpc) is 2.92. The molecule has 3 aliphatic rings. The van der Waals surface area contributed by atoms with Gasteiger partial charge in [-0.25, -0.2) is 9.67 Å². The standard InChI is InChI=1S/C17H22N6O2/c1-11-5-19-20-23(11)6-14-15-7-21(3-2-4-22(15)10-18-14)17(24)16-12-8-25-9-13(12)16/h5,10,12-13,16H,2-4,6-9H2,1H3/t12-,13+,16?. The van der Waals surface area contributed by atoms with E-state index in [0.717, 1.165) is 49.8 Å². The van der Waals surface area contributed by atoms with Gasteiger partial charge in [0.2, 0.25) is 5.91 Å². The van der Waals surface area contributed by atoms with Crippen LogP contribution >= 0.6 is 0 Å². The molecule has 1 saturated heterocycles. The number of amides is 1. The normalized spacial score (nSPS) is 27.7. The molecular formula is C17H22N6O2. The summed E-state index contributed by atoms with van der Waals surface area (Å²) < 4.78 is 9.47. The van der Waals surface area contributed by atoms with Crippen molar-refractivity contribution in [2.75, 3.05) is 19.8 Å². The van der Waals surface area contributed by atoms with Gasteiger partial charge in [-0.05, 0) is 25.2 Å². The molecule has 0 bridgehead atoms. The zero-order chi connectivity index (χ0) is 17.0. The zero-order valence-electron chi connectivity index (χ0n) is 14.3. The Morgan fingerprint density at radius 3 is 2.92 bits per heavy atom. The Hall–Kier alpha value is -2.22. The highest BCUT2D eigenvalue weighted by molar-refractivity contribution is 5.82. The molecule has 1 unspecified atom stereocenters. The monoisotopic (exact) mass is 342 g/mol. The number of hydrogen-bond acceptors (Lipinski definition) is 5. The molecule has 0 spiro atoms. The Kier molecular flexibility index (Phi) is 3.41. The van der Waals surface area contributed by atoms with E-state index in [9.17, 15) is 4.79 Å². The first-order valence-electron chi connectivity index (χ1n) is 8.97. The molecule has 2 fully saturated rings. The first-order valence-corrected chi connectivity index (χ1v) is 8.97. The first-order chi connectivity index (χ1) is 12.2. The number of hydrogen-bond donors (Lipinski definition) is 0. The predicted octanol–water partition coefficient (Wildman–Crippen LogP) is 0.456. The van der Waals surface area contributed by atoms with Crippen LogP contribution in [0.1, 0.15) is 23.5 Å². The smallest absolute Gasteiger partial charge is 0.226 e. The molecule has 8 nitrogen and oxygen atoms in total. The van der Waals surface area contributed by atoms with Crippen LogP contribution in [0.2, 0.25) is 0 Å². The van der Waals surface area contributed by atoms with Crippen molar-refractivity contribution in [3.05, 3.63) is 29.6 Å². The Morgan fingerprint density at radius 1 is 1.32 bits per heavy atom. The minimum absolute atomic E-state index is 0.184. The molecule has 2 aliphatic heterocycles. The Labute approximate surface area is 145 Å². The Bertz CT molecular complexity index is 802. The van der Waals surface area contributed by atoms with E-state index >= 15 is 0 Å². The maximum Gasteiger partial charge on any atom is 0.226 e. The second kappa shape index (κ2) is 5.66. The van der Waals surface area contributed by atoms with Gasteiger partial charge < -0.3 is 14.2 Å². The molecule has 2 aromatic heterocycles. The van der Waals surface area contributed by atoms with Crippen molar-refractivity contribution < 1.29 is 9.53 Å². The van der Waals surface area contributed by atoms with Gasteiger partial charge in [0.25, 0.3) is 0 Å². The van der Waals surface area contributed by atoms with Crippen LogP contribution in [-0.2, 0) is 29.2 Å². The Morgan fingerprint density at radius 2 is 2.16 bits per heavy atom. The molecule has 0 radical (unpaired) electrons. The number of imidazole rings is 1. The topological polar surface area (TPSA) is 78.1 Å². The molecule has 1 amide bonds. The van der Waals surface area contributed by atoms with Crippen molar-refractivity contribution in [1.82, 2.24) is 29.4 Å². The Balaban J connectivity index is 1.37. The summed E-state index contributed by atoms with van der Waals surface area (Å²) >= 11 is 0. The fourth-order valence-electron chi connectivity index (χ4n) is 4.26. The maximum absolute atomic E-state index is 13.0. The minimum Gasteiger partial charge on any atom is -0.381 e. The summed E-state index contributed by atoms with van der Waals surface area (Å²) in [6.07, 6.45) is 4.61. The van der Waals surface area contributed by atoms with Gasteiger partial charge in [-0.3, -0.25) is 4.79 Å². The molecule has 0 aromatic carbocycles. The summed E-state index contributed by atoms with van der Waals surface area (Å²) in [7, 11) is 0. The molecular weight excluding hydrogens is 320 g/mol. The van der Waals surface area contributed by atoms with E-state index < -0.39 is 0 Å². The number of aromatic nitrogens is 5. The fourth-order valence-corrected chi connectivity index (χ4v) is 4.26. The van der Waals surface area contributed by atoms with E-state index in [1.807, 2.05) is 22.8 Å². The number of carbonyl (C=O) groups excluding carboxylic acids is 1. The van der Waals surface area contributed by atoms with Crippen LogP contribution in [0.5, 0.6) is 0 Å². The van der Waals surface area contributed by atoms with Crippen molar-refractivity contribution in [1.29, 1.82) is 0 Å². The van der Waals surface area contributed by atoms with E-state index in [4.69, 9.17) is 4.74 Å². The summed E-state index contributed by atoms with van der Waals surface area (Å²) in [5.41, 5.74) is 3.12. The van der Waals surface area contributed by atoms with Crippen LogP contribution in [0.3, 0.4) is 0 Å². The largest absolute Gasteiger partial charge is 0.381 e. The minimum atomic E-state index is 0.184. The maximum atomic E-state index is 13.0. The quantitative estimate of drug-likeness (QED) is 0.810. The SMILES string of the molecule is Cc1cnnn1Cc1ncn2c1CN(C(=O)C1[C@H]3COC[C@@H]13)CCC2. The van der Waals surface area contributed by atoms with Crippen LogP contribution in [0, 0.1) is 24.7 Å².